The Bertz CT molecular complexity index is 143. The average Bonchev–Trinajstić information content (AvgIpc) is 2.70. The van der Waals surface area contributed by atoms with Gasteiger partial charge in [-0.25, -0.2) is 4.39 Å². The van der Waals surface area contributed by atoms with Gasteiger partial charge in [0.1, 0.15) is 6.67 Å². The summed E-state index contributed by atoms with van der Waals surface area (Å²) in [5.74, 6) is -0.0462. The largest absolute Gasteiger partial charge is 0.348 e. The Morgan fingerprint density at radius 2 is 2.30 bits per heavy atom. The minimum absolute atomic E-state index is 0.0462. The zero-order valence-electron chi connectivity index (χ0n) is 6.11. The highest BCUT2D eigenvalue weighted by atomic mass is 19.1. The van der Waals surface area contributed by atoms with Gasteiger partial charge in [-0.05, 0) is 12.8 Å². The number of hydrogen-bond donors (Lipinski definition) is 1. The normalized spacial score (nSPS) is 20.2. The summed E-state index contributed by atoms with van der Waals surface area (Å²) in [5.41, 5.74) is -0.451. The summed E-state index contributed by atoms with van der Waals surface area (Å²) in [7, 11) is 0. The molecule has 3 heteroatoms. The third-order valence-electron chi connectivity index (χ3n) is 1.84. The van der Waals surface area contributed by atoms with Crippen molar-refractivity contribution in [2.45, 2.75) is 31.7 Å². The van der Waals surface area contributed by atoms with E-state index >= 15 is 0 Å². The summed E-state index contributed by atoms with van der Waals surface area (Å²) in [6.45, 7) is 1.35. The molecule has 58 valence electrons. The van der Waals surface area contributed by atoms with Crippen molar-refractivity contribution in [2.24, 2.45) is 0 Å². The van der Waals surface area contributed by atoms with Crippen molar-refractivity contribution in [3.05, 3.63) is 0 Å². The molecule has 10 heavy (non-hydrogen) atoms. The maximum absolute atomic E-state index is 12.1. The number of alkyl halides is 1. The van der Waals surface area contributed by atoms with E-state index in [2.05, 4.69) is 5.32 Å². The third-order valence-corrected chi connectivity index (χ3v) is 1.84. The van der Waals surface area contributed by atoms with Crippen LogP contribution >= 0.6 is 0 Å². The van der Waals surface area contributed by atoms with Gasteiger partial charge in [-0.2, -0.15) is 0 Å². The van der Waals surface area contributed by atoms with Crippen LogP contribution in [0.15, 0.2) is 0 Å². The summed E-state index contributed by atoms with van der Waals surface area (Å²) < 4.78 is 12.1. The maximum Gasteiger partial charge on any atom is 0.220 e. The SMILES string of the molecule is CCC(=O)NC1(CF)CC1. The van der Waals surface area contributed by atoms with E-state index < -0.39 is 12.2 Å². The second-order valence-electron chi connectivity index (χ2n) is 2.82. The van der Waals surface area contributed by atoms with Gasteiger partial charge in [0, 0.05) is 6.42 Å². The average molecular weight is 145 g/mol. The highest BCUT2D eigenvalue weighted by Gasteiger charge is 2.43. The number of rotatable bonds is 3. The van der Waals surface area contributed by atoms with Crippen molar-refractivity contribution >= 4 is 5.91 Å². The lowest BCUT2D eigenvalue weighted by Crippen LogP contribution is -2.37. The minimum atomic E-state index is -0.451. The van der Waals surface area contributed by atoms with Crippen LogP contribution in [0.4, 0.5) is 4.39 Å². The van der Waals surface area contributed by atoms with E-state index in [0.29, 0.717) is 6.42 Å². The van der Waals surface area contributed by atoms with Crippen molar-refractivity contribution < 1.29 is 9.18 Å². The lowest BCUT2D eigenvalue weighted by molar-refractivity contribution is -0.121. The molecule has 1 saturated carbocycles. The Morgan fingerprint density at radius 3 is 2.60 bits per heavy atom. The maximum atomic E-state index is 12.1. The second-order valence-corrected chi connectivity index (χ2v) is 2.82. The van der Waals surface area contributed by atoms with Crippen LogP contribution < -0.4 is 5.32 Å². The number of hydrogen-bond acceptors (Lipinski definition) is 1. The third kappa shape index (κ3) is 1.46. The molecular formula is C7H12FNO. The van der Waals surface area contributed by atoms with Crippen LogP contribution in [0.2, 0.25) is 0 Å². The number of halogens is 1. The highest BCUT2D eigenvalue weighted by molar-refractivity contribution is 5.76. The fourth-order valence-electron chi connectivity index (χ4n) is 0.827. The summed E-state index contributed by atoms with van der Waals surface area (Å²) in [6.07, 6.45) is 2.05. The lowest BCUT2D eigenvalue weighted by Gasteiger charge is -2.11. The van der Waals surface area contributed by atoms with E-state index in [4.69, 9.17) is 0 Å². The van der Waals surface area contributed by atoms with Crippen LogP contribution in [-0.2, 0) is 4.79 Å². The molecule has 0 spiro atoms. The van der Waals surface area contributed by atoms with Gasteiger partial charge in [-0.15, -0.1) is 0 Å². The Balaban J connectivity index is 2.30. The van der Waals surface area contributed by atoms with Gasteiger partial charge >= 0.3 is 0 Å². The molecule has 1 fully saturated rings. The monoisotopic (exact) mass is 145 g/mol. The summed E-state index contributed by atoms with van der Waals surface area (Å²) >= 11 is 0. The molecule has 0 aromatic heterocycles. The molecule has 0 aromatic rings. The van der Waals surface area contributed by atoms with E-state index in [1.807, 2.05) is 0 Å². The van der Waals surface area contributed by atoms with E-state index in [-0.39, 0.29) is 5.91 Å². The molecule has 0 atom stereocenters. The molecule has 1 aliphatic carbocycles. The predicted molar refractivity (Wildman–Crippen MR) is 36.4 cm³/mol. The first-order valence-electron chi connectivity index (χ1n) is 3.59. The van der Waals surface area contributed by atoms with Crippen LogP contribution in [0.25, 0.3) is 0 Å². The summed E-state index contributed by atoms with van der Waals surface area (Å²) in [6, 6.07) is 0. The van der Waals surface area contributed by atoms with Crippen LogP contribution in [0.3, 0.4) is 0 Å². The van der Waals surface area contributed by atoms with Crippen LogP contribution in [0.1, 0.15) is 26.2 Å². The van der Waals surface area contributed by atoms with Gasteiger partial charge in [0.2, 0.25) is 5.91 Å². The van der Waals surface area contributed by atoms with Crippen molar-refractivity contribution in [3.63, 3.8) is 0 Å². The van der Waals surface area contributed by atoms with Gasteiger partial charge in [0.25, 0.3) is 0 Å². The Kier molecular flexibility index (Phi) is 1.92. The Morgan fingerprint density at radius 1 is 1.70 bits per heavy atom. The standard InChI is InChI=1S/C7H12FNO/c1-2-6(10)9-7(5-8)3-4-7/h2-5H2,1H3,(H,9,10). The first kappa shape index (κ1) is 7.51. The van der Waals surface area contributed by atoms with E-state index in [1.165, 1.54) is 0 Å². The first-order valence-corrected chi connectivity index (χ1v) is 3.59. The van der Waals surface area contributed by atoms with E-state index in [1.54, 1.807) is 6.92 Å². The molecule has 0 heterocycles. The quantitative estimate of drug-likeness (QED) is 0.631. The van der Waals surface area contributed by atoms with E-state index in [9.17, 15) is 9.18 Å². The molecule has 1 amide bonds. The van der Waals surface area contributed by atoms with Crippen molar-refractivity contribution in [1.82, 2.24) is 5.32 Å². The fourth-order valence-corrected chi connectivity index (χ4v) is 0.827. The summed E-state index contributed by atoms with van der Waals surface area (Å²) in [4.78, 5) is 10.7. The smallest absolute Gasteiger partial charge is 0.220 e. The van der Waals surface area contributed by atoms with Crippen LogP contribution in [0.5, 0.6) is 0 Å². The zero-order chi connectivity index (χ0) is 7.61. The number of carbonyl (C=O) groups is 1. The van der Waals surface area contributed by atoms with Crippen LogP contribution in [-0.4, -0.2) is 18.1 Å². The molecule has 0 radical (unpaired) electrons. The zero-order valence-corrected chi connectivity index (χ0v) is 6.11. The molecular weight excluding hydrogens is 133 g/mol. The van der Waals surface area contributed by atoms with Gasteiger partial charge in [-0.1, -0.05) is 6.92 Å². The van der Waals surface area contributed by atoms with Gasteiger partial charge in [0.05, 0.1) is 5.54 Å². The second kappa shape index (κ2) is 2.56. The van der Waals surface area contributed by atoms with Crippen molar-refractivity contribution in [2.75, 3.05) is 6.67 Å². The molecule has 1 rings (SSSR count). The predicted octanol–water partition coefficient (Wildman–Crippen LogP) is 1.01. The molecule has 0 aliphatic heterocycles. The molecule has 2 nitrogen and oxygen atoms in total. The fraction of sp³-hybridized carbons (Fsp3) is 0.857. The first-order chi connectivity index (χ1) is 4.72. The molecule has 1 N–H and O–H groups in total. The molecule has 0 bridgehead atoms. The number of nitrogens with one attached hydrogen (secondary N) is 1. The van der Waals surface area contributed by atoms with Gasteiger partial charge in [0.15, 0.2) is 0 Å². The van der Waals surface area contributed by atoms with Crippen molar-refractivity contribution in [1.29, 1.82) is 0 Å². The highest BCUT2D eigenvalue weighted by Crippen LogP contribution is 2.35. The Labute approximate surface area is 59.8 Å². The number of amides is 1. The molecule has 0 aromatic carbocycles. The van der Waals surface area contributed by atoms with Gasteiger partial charge in [-0.3, -0.25) is 4.79 Å². The minimum Gasteiger partial charge on any atom is -0.348 e. The van der Waals surface area contributed by atoms with E-state index in [0.717, 1.165) is 12.8 Å². The lowest BCUT2D eigenvalue weighted by atomic mass is 10.3. The van der Waals surface area contributed by atoms with Gasteiger partial charge < -0.3 is 5.32 Å². The summed E-state index contributed by atoms with van der Waals surface area (Å²) in [5, 5.41) is 2.65. The molecule has 0 unspecified atom stereocenters. The topological polar surface area (TPSA) is 29.1 Å². The molecule has 0 saturated heterocycles. The number of carbonyl (C=O) groups excluding carboxylic acids is 1. The van der Waals surface area contributed by atoms with Crippen LogP contribution in [0, 0.1) is 0 Å². The van der Waals surface area contributed by atoms with Crippen molar-refractivity contribution in [3.8, 4) is 0 Å². The molecule has 1 aliphatic rings. The Hall–Kier alpha value is -0.600.